The number of non-ortho nitro benzene ring substituents is 1. The van der Waals surface area contributed by atoms with E-state index >= 15 is 0 Å². The summed E-state index contributed by atoms with van der Waals surface area (Å²) in [5.74, 6) is -0.898. The average Bonchev–Trinajstić information content (AvgIpc) is 3.25. The third kappa shape index (κ3) is 3.75. The normalized spacial score (nSPS) is 21.3. The maximum absolute atomic E-state index is 13.0. The molecular formula is C19H20N2O6. The minimum atomic E-state index is -0.594. The zero-order chi connectivity index (χ0) is 19.6. The van der Waals surface area contributed by atoms with Gasteiger partial charge in [-0.15, -0.1) is 0 Å². The number of amides is 1. The van der Waals surface area contributed by atoms with Crippen molar-refractivity contribution < 1.29 is 24.0 Å². The minimum Gasteiger partial charge on any atom is -0.465 e. The molecule has 1 aromatic rings. The van der Waals surface area contributed by atoms with Crippen molar-refractivity contribution in [2.24, 2.45) is 0 Å². The topological polar surface area (TPSA) is 99.0 Å². The second-order valence-corrected chi connectivity index (χ2v) is 6.41. The van der Waals surface area contributed by atoms with Crippen molar-refractivity contribution in [2.45, 2.75) is 25.9 Å². The van der Waals surface area contributed by atoms with Crippen molar-refractivity contribution >= 4 is 23.6 Å². The molecule has 2 aliphatic rings. The molecule has 0 aromatic heterocycles. The lowest BCUT2D eigenvalue weighted by Crippen LogP contribution is -2.33. The highest BCUT2D eigenvalue weighted by Crippen LogP contribution is 2.33. The number of hydrogen-bond donors (Lipinski definition) is 0. The van der Waals surface area contributed by atoms with Gasteiger partial charge in [-0.2, -0.15) is 0 Å². The maximum atomic E-state index is 13.0. The first-order chi connectivity index (χ1) is 12.9. The van der Waals surface area contributed by atoms with Crippen LogP contribution < -0.4 is 0 Å². The van der Waals surface area contributed by atoms with E-state index in [2.05, 4.69) is 0 Å². The third-order valence-corrected chi connectivity index (χ3v) is 4.73. The van der Waals surface area contributed by atoms with E-state index in [4.69, 9.17) is 9.47 Å². The number of allylic oxidation sites excluding steroid dienone is 1. The minimum absolute atomic E-state index is 0.0465. The van der Waals surface area contributed by atoms with Gasteiger partial charge in [0.2, 0.25) is 0 Å². The van der Waals surface area contributed by atoms with Crippen molar-refractivity contribution in [3.63, 3.8) is 0 Å². The number of nitro groups is 1. The summed E-state index contributed by atoms with van der Waals surface area (Å²) in [4.78, 5) is 37.1. The Balaban J connectivity index is 1.95. The SMILES string of the molecule is COC(=O)C1=C(C)N(CC2CCCO2)C(=O)C1=Cc1ccc([N+](=O)[O-])cc1. The first kappa shape index (κ1) is 18.8. The van der Waals surface area contributed by atoms with Crippen LogP contribution in [-0.4, -0.2) is 48.1 Å². The highest BCUT2D eigenvalue weighted by atomic mass is 16.6. The van der Waals surface area contributed by atoms with Crippen LogP contribution >= 0.6 is 0 Å². The zero-order valence-electron chi connectivity index (χ0n) is 15.1. The van der Waals surface area contributed by atoms with E-state index in [1.54, 1.807) is 17.9 Å². The van der Waals surface area contributed by atoms with E-state index in [1.807, 2.05) is 0 Å². The summed E-state index contributed by atoms with van der Waals surface area (Å²) >= 11 is 0. The number of methoxy groups -OCH3 is 1. The lowest BCUT2D eigenvalue weighted by Gasteiger charge is -2.21. The predicted molar refractivity (Wildman–Crippen MR) is 96.5 cm³/mol. The number of rotatable bonds is 5. The predicted octanol–water partition coefficient (Wildman–Crippen LogP) is 2.45. The molecule has 0 bridgehead atoms. The Hall–Kier alpha value is -3.00. The van der Waals surface area contributed by atoms with Crippen molar-refractivity contribution in [1.82, 2.24) is 4.90 Å². The maximum Gasteiger partial charge on any atom is 0.340 e. The van der Waals surface area contributed by atoms with Crippen molar-refractivity contribution in [1.29, 1.82) is 0 Å². The van der Waals surface area contributed by atoms with Gasteiger partial charge in [0.15, 0.2) is 0 Å². The Morgan fingerprint density at radius 1 is 1.41 bits per heavy atom. The fourth-order valence-electron chi connectivity index (χ4n) is 3.30. The lowest BCUT2D eigenvalue weighted by molar-refractivity contribution is -0.384. The molecule has 1 aromatic carbocycles. The van der Waals surface area contributed by atoms with Gasteiger partial charge in [-0.1, -0.05) is 0 Å². The molecular weight excluding hydrogens is 352 g/mol. The second kappa shape index (κ2) is 7.71. The molecule has 27 heavy (non-hydrogen) atoms. The van der Waals surface area contributed by atoms with Crippen LogP contribution in [0, 0.1) is 10.1 Å². The summed E-state index contributed by atoms with van der Waals surface area (Å²) in [5, 5.41) is 10.8. The summed E-state index contributed by atoms with van der Waals surface area (Å²) in [7, 11) is 1.26. The fraction of sp³-hybridized carbons (Fsp3) is 0.368. The molecule has 8 heteroatoms. The van der Waals surface area contributed by atoms with Gasteiger partial charge in [-0.3, -0.25) is 14.9 Å². The molecule has 1 fully saturated rings. The number of esters is 1. The Morgan fingerprint density at radius 2 is 2.11 bits per heavy atom. The van der Waals surface area contributed by atoms with Gasteiger partial charge in [-0.25, -0.2) is 4.79 Å². The average molecular weight is 372 g/mol. The van der Waals surface area contributed by atoms with E-state index in [1.165, 1.54) is 31.4 Å². The Morgan fingerprint density at radius 3 is 2.67 bits per heavy atom. The van der Waals surface area contributed by atoms with Crippen molar-refractivity contribution in [2.75, 3.05) is 20.3 Å². The number of benzene rings is 1. The van der Waals surface area contributed by atoms with Crippen LogP contribution in [0.25, 0.3) is 6.08 Å². The largest absolute Gasteiger partial charge is 0.465 e. The number of ether oxygens (including phenoxy) is 2. The Labute approximate surface area is 156 Å². The number of nitro benzene ring substituents is 1. The quantitative estimate of drug-likeness (QED) is 0.341. The molecule has 3 rings (SSSR count). The molecule has 0 saturated carbocycles. The molecule has 1 unspecified atom stereocenters. The fourth-order valence-corrected chi connectivity index (χ4v) is 3.30. The standard InChI is InChI=1S/C19H20N2O6/c1-12-17(19(23)26-2)16(10-13-5-7-14(8-6-13)21(24)25)18(22)20(12)11-15-4-3-9-27-15/h5-8,10,15H,3-4,9,11H2,1-2H3. The van der Waals surface area contributed by atoms with Crippen molar-refractivity contribution in [3.8, 4) is 0 Å². The molecule has 0 spiro atoms. The smallest absolute Gasteiger partial charge is 0.340 e. The summed E-state index contributed by atoms with van der Waals surface area (Å²) in [6.07, 6.45) is 3.32. The second-order valence-electron chi connectivity index (χ2n) is 6.41. The van der Waals surface area contributed by atoms with E-state index in [9.17, 15) is 19.7 Å². The molecule has 8 nitrogen and oxygen atoms in total. The summed E-state index contributed by atoms with van der Waals surface area (Å²) in [6.45, 7) is 2.75. The molecule has 1 saturated heterocycles. The van der Waals surface area contributed by atoms with Gasteiger partial charge < -0.3 is 14.4 Å². The lowest BCUT2D eigenvalue weighted by atomic mass is 10.0. The zero-order valence-corrected chi connectivity index (χ0v) is 15.1. The van der Waals surface area contributed by atoms with Crippen LogP contribution in [-0.2, 0) is 19.1 Å². The highest BCUT2D eigenvalue weighted by molar-refractivity contribution is 6.16. The van der Waals surface area contributed by atoms with E-state index in [-0.39, 0.29) is 28.8 Å². The van der Waals surface area contributed by atoms with Gasteiger partial charge in [0.1, 0.15) is 0 Å². The first-order valence-corrected chi connectivity index (χ1v) is 8.61. The molecule has 0 radical (unpaired) electrons. The van der Waals surface area contributed by atoms with Gasteiger partial charge >= 0.3 is 5.97 Å². The monoisotopic (exact) mass is 372 g/mol. The number of nitrogens with zero attached hydrogens (tertiary/aromatic N) is 2. The Bertz CT molecular complexity index is 834. The summed E-state index contributed by atoms with van der Waals surface area (Å²) in [5.41, 5.74) is 1.48. The van der Waals surface area contributed by atoms with Crippen LogP contribution in [0.2, 0.25) is 0 Å². The van der Waals surface area contributed by atoms with Crippen LogP contribution in [0.5, 0.6) is 0 Å². The van der Waals surface area contributed by atoms with Crippen molar-refractivity contribution in [3.05, 3.63) is 56.8 Å². The van der Waals surface area contributed by atoms with E-state index < -0.39 is 10.9 Å². The van der Waals surface area contributed by atoms with Gasteiger partial charge in [0.25, 0.3) is 11.6 Å². The summed E-state index contributed by atoms with van der Waals surface area (Å²) in [6, 6.07) is 5.77. The Kier molecular flexibility index (Phi) is 5.36. The van der Waals surface area contributed by atoms with Gasteiger partial charge in [0.05, 0.1) is 35.8 Å². The first-order valence-electron chi connectivity index (χ1n) is 8.61. The number of carbonyl (C=O) groups is 2. The van der Waals surface area contributed by atoms with E-state index in [0.717, 1.165) is 12.8 Å². The molecule has 2 aliphatic heterocycles. The molecule has 142 valence electrons. The van der Waals surface area contributed by atoms with Gasteiger partial charge in [0, 0.05) is 24.4 Å². The van der Waals surface area contributed by atoms with Crippen LogP contribution in [0.15, 0.2) is 41.1 Å². The van der Waals surface area contributed by atoms with Crippen LogP contribution in [0.1, 0.15) is 25.3 Å². The van der Waals surface area contributed by atoms with Crippen LogP contribution in [0.3, 0.4) is 0 Å². The van der Waals surface area contributed by atoms with E-state index in [0.29, 0.717) is 24.4 Å². The van der Waals surface area contributed by atoms with Gasteiger partial charge in [-0.05, 0) is 43.5 Å². The summed E-state index contributed by atoms with van der Waals surface area (Å²) < 4.78 is 10.5. The highest BCUT2D eigenvalue weighted by Gasteiger charge is 2.38. The molecule has 1 amide bonds. The number of hydrogen-bond acceptors (Lipinski definition) is 6. The molecule has 0 aliphatic carbocycles. The molecule has 2 heterocycles. The number of carbonyl (C=O) groups excluding carboxylic acids is 2. The van der Waals surface area contributed by atoms with Crippen LogP contribution in [0.4, 0.5) is 5.69 Å². The molecule has 0 N–H and O–H groups in total. The molecule has 1 atom stereocenters. The third-order valence-electron chi connectivity index (χ3n) is 4.73.